The number of carbonyl (C=O) groups is 2. The number of nitrogens with one attached hydrogen (secondary N) is 1. The van der Waals surface area contributed by atoms with Crippen LogP contribution in [-0.4, -0.2) is 48.9 Å². The van der Waals surface area contributed by atoms with Crippen molar-refractivity contribution in [1.82, 2.24) is 10.2 Å². The van der Waals surface area contributed by atoms with E-state index in [0.717, 1.165) is 31.7 Å². The maximum Gasteiger partial charge on any atom is 0.251 e. The van der Waals surface area contributed by atoms with E-state index in [1.54, 1.807) is 6.07 Å². The van der Waals surface area contributed by atoms with Gasteiger partial charge < -0.3 is 15.1 Å². The lowest BCUT2D eigenvalue weighted by molar-refractivity contribution is -0.127. The molecule has 24 heavy (non-hydrogen) atoms. The number of likely N-dealkylation sites (tertiary alicyclic amines) is 1. The van der Waals surface area contributed by atoms with Crippen LogP contribution in [0.2, 0.25) is 5.02 Å². The molecule has 2 aliphatic heterocycles. The highest BCUT2D eigenvalue weighted by Gasteiger charge is 2.30. The second-order valence-corrected chi connectivity index (χ2v) is 6.98. The summed E-state index contributed by atoms with van der Waals surface area (Å²) >= 11 is 6.37. The summed E-state index contributed by atoms with van der Waals surface area (Å²) in [6.45, 7) is 5.42. The topological polar surface area (TPSA) is 52.7 Å². The van der Waals surface area contributed by atoms with E-state index in [1.165, 1.54) is 12.8 Å². The minimum absolute atomic E-state index is 0.115. The number of halogens is 1. The molecule has 0 saturated carbocycles. The average molecular weight is 350 g/mol. The van der Waals surface area contributed by atoms with E-state index in [9.17, 15) is 9.59 Å². The van der Waals surface area contributed by atoms with Gasteiger partial charge in [0, 0.05) is 38.2 Å². The third-order valence-corrected chi connectivity index (χ3v) is 5.00. The van der Waals surface area contributed by atoms with Gasteiger partial charge in [0.05, 0.1) is 16.8 Å². The molecule has 1 atom stereocenters. The SMILES string of the molecule is CCCN1CC(NC(=O)c2ccc(N3CCCC3)c(Cl)c2)CC1=O. The Morgan fingerprint density at radius 3 is 2.75 bits per heavy atom. The molecule has 0 aliphatic carbocycles. The minimum Gasteiger partial charge on any atom is -0.370 e. The highest BCUT2D eigenvalue weighted by atomic mass is 35.5. The lowest BCUT2D eigenvalue weighted by Gasteiger charge is -2.20. The first kappa shape index (κ1) is 17.1. The van der Waals surface area contributed by atoms with E-state index >= 15 is 0 Å². The molecule has 2 heterocycles. The van der Waals surface area contributed by atoms with Crippen molar-refractivity contribution in [3.63, 3.8) is 0 Å². The normalized spacial score (nSPS) is 20.8. The van der Waals surface area contributed by atoms with Crippen LogP contribution >= 0.6 is 11.6 Å². The molecule has 5 nitrogen and oxygen atoms in total. The Balaban J connectivity index is 1.63. The predicted octanol–water partition coefficient (Wildman–Crippen LogP) is 2.68. The molecular formula is C18H24ClN3O2. The standard InChI is InChI=1S/C18H24ClN3O2/c1-2-7-22-12-14(11-17(22)23)20-18(24)13-5-6-16(15(19)10-13)21-8-3-4-9-21/h5-6,10,14H,2-4,7-9,11-12H2,1H3,(H,20,24). The zero-order valence-corrected chi connectivity index (χ0v) is 14.8. The van der Waals surface area contributed by atoms with Crippen molar-refractivity contribution in [1.29, 1.82) is 0 Å². The molecule has 1 unspecified atom stereocenters. The van der Waals surface area contributed by atoms with Crippen LogP contribution in [0.15, 0.2) is 18.2 Å². The molecule has 1 N–H and O–H groups in total. The van der Waals surface area contributed by atoms with E-state index in [1.807, 2.05) is 24.0 Å². The molecule has 2 amide bonds. The molecule has 0 aromatic heterocycles. The molecule has 2 aliphatic rings. The number of rotatable bonds is 5. The summed E-state index contributed by atoms with van der Waals surface area (Å²) in [5.74, 6) is -0.0504. The van der Waals surface area contributed by atoms with Crippen LogP contribution < -0.4 is 10.2 Å². The van der Waals surface area contributed by atoms with E-state index in [-0.39, 0.29) is 17.9 Å². The summed E-state index contributed by atoms with van der Waals surface area (Å²) in [5, 5.41) is 3.57. The molecule has 1 aromatic rings. The van der Waals surface area contributed by atoms with Crippen molar-refractivity contribution in [2.45, 2.75) is 38.6 Å². The number of hydrogen-bond acceptors (Lipinski definition) is 3. The van der Waals surface area contributed by atoms with Gasteiger partial charge in [0.25, 0.3) is 5.91 Å². The summed E-state index contributed by atoms with van der Waals surface area (Å²) in [6.07, 6.45) is 3.68. The molecule has 1 aromatic carbocycles. The predicted molar refractivity (Wildman–Crippen MR) is 95.6 cm³/mol. The Labute approximate surface area is 147 Å². The quantitative estimate of drug-likeness (QED) is 0.889. The zero-order valence-electron chi connectivity index (χ0n) is 14.1. The number of nitrogens with zero attached hydrogens (tertiary/aromatic N) is 2. The van der Waals surface area contributed by atoms with Gasteiger partial charge in [-0.15, -0.1) is 0 Å². The van der Waals surface area contributed by atoms with Gasteiger partial charge in [0.1, 0.15) is 0 Å². The van der Waals surface area contributed by atoms with E-state index < -0.39 is 0 Å². The summed E-state index contributed by atoms with van der Waals surface area (Å²) in [6, 6.07) is 5.35. The fourth-order valence-electron chi connectivity index (χ4n) is 3.49. The Morgan fingerprint density at radius 1 is 1.33 bits per heavy atom. The van der Waals surface area contributed by atoms with Crippen molar-refractivity contribution < 1.29 is 9.59 Å². The summed E-state index contributed by atoms with van der Waals surface area (Å²) in [4.78, 5) is 28.4. The van der Waals surface area contributed by atoms with Crippen LogP contribution in [0.3, 0.4) is 0 Å². The fraction of sp³-hybridized carbons (Fsp3) is 0.556. The van der Waals surface area contributed by atoms with Crippen molar-refractivity contribution in [2.24, 2.45) is 0 Å². The Hall–Kier alpha value is -1.75. The number of carbonyl (C=O) groups excluding carboxylic acids is 2. The van der Waals surface area contributed by atoms with Crippen LogP contribution in [0.25, 0.3) is 0 Å². The molecule has 130 valence electrons. The number of anilines is 1. The minimum atomic E-state index is -0.166. The summed E-state index contributed by atoms with van der Waals surface area (Å²) < 4.78 is 0. The molecular weight excluding hydrogens is 326 g/mol. The second-order valence-electron chi connectivity index (χ2n) is 6.57. The molecule has 2 fully saturated rings. The van der Waals surface area contributed by atoms with Gasteiger partial charge in [0.15, 0.2) is 0 Å². The molecule has 0 bridgehead atoms. The first-order valence-corrected chi connectivity index (χ1v) is 9.09. The van der Waals surface area contributed by atoms with Crippen LogP contribution in [-0.2, 0) is 4.79 Å². The Kier molecular flexibility index (Phi) is 5.29. The molecule has 6 heteroatoms. The third-order valence-electron chi connectivity index (χ3n) is 4.70. The van der Waals surface area contributed by atoms with Crippen molar-refractivity contribution in [2.75, 3.05) is 31.1 Å². The van der Waals surface area contributed by atoms with Gasteiger partial charge in [-0.25, -0.2) is 0 Å². The van der Waals surface area contributed by atoms with Crippen molar-refractivity contribution >= 4 is 29.1 Å². The van der Waals surface area contributed by atoms with E-state index in [0.29, 0.717) is 23.6 Å². The largest absolute Gasteiger partial charge is 0.370 e. The zero-order chi connectivity index (χ0) is 17.1. The maximum absolute atomic E-state index is 12.4. The van der Waals surface area contributed by atoms with Gasteiger partial charge >= 0.3 is 0 Å². The second kappa shape index (κ2) is 7.43. The molecule has 3 rings (SSSR count). The highest BCUT2D eigenvalue weighted by Crippen LogP contribution is 2.29. The van der Waals surface area contributed by atoms with Gasteiger partial charge in [-0.2, -0.15) is 0 Å². The maximum atomic E-state index is 12.4. The molecule has 0 radical (unpaired) electrons. The van der Waals surface area contributed by atoms with Gasteiger partial charge in [-0.1, -0.05) is 18.5 Å². The first-order chi connectivity index (χ1) is 11.6. The number of benzene rings is 1. The lowest BCUT2D eigenvalue weighted by atomic mass is 10.1. The Bertz CT molecular complexity index is 629. The smallest absolute Gasteiger partial charge is 0.251 e. The van der Waals surface area contributed by atoms with Crippen molar-refractivity contribution in [3.05, 3.63) is 28.8 Å². The number of amides is 2. The number of hydrogen-bond donors (Lipinski definition) is 1. The van der Waals surface area contributed by atoms with E-state index in [4.69, 9.17) is 11.6 Å². The summed E-state index contributed by atoms with van der Waals surface area (Å²) in [5.41, 5.74) is 1.54. The molecule has 0 spiro atoms. The molecule has 2 saturated heterocycles. The summed E-state index contributed by atoms with van der Waals surface area (Å²) in [7, 11) is 0. The lowest BCUT2D eigenvalue weighted by Crippen LogP contribution is -2.37. The Morgan fingerprint density at radius 2 is 2.08 bits per heavy atom. The highest BCUT2D eigenvalue weighted by molar-refractivity contribution is 6.33. The first-order valence-electron chi connectivity index (χ1n) is 8.71. The van der Waals surface area contributed by atoms with Gasteiger partial charge in [-0.3, -0.25) is 9.59 Å². The van der Waals surface area contributed by atoms with Crippen molar-refractivity contribution in [3.8, 4) is 0 Å². The van der Waals surface area contributed by atoms with E-state index in [2.05, 4.69) is 10.2 Å². The van der Waals surface area contributed by atoms with Gasteiger partial charge in [-0.05, 0) is 37.5 Å². The third kappa shape index (κ3) is 3.66. The monoisotopic (exact) mass is 349 g/mol. The van der Waals surface area contributed by atoms with Crippen LogP contribution in [0, 0.1) is 0 Å². The van der Waals surface area contributed by atoms with Crippen LogP contribution in [0.1, 0.15) is 43.0 Å². The van der Waals surface area contributed by atoms with Crippen LogP contribution in [0.5, 0.6) is 0 Å². The van der Waals surface area contributed by atoms with Crippen LogP contribution in [0.4, 0.5) is 5.69 Å². The fourth-order valence-corrected chi connectivity index (χ4v) is 3.79. The van der Waals surface area contributed by atoms with Gasteiger partial charge in [0.2, 0.25) is 5.91 Å². The average Bonchev–Trinajstić information content (AvgIpc) is 3.18.